The minimum atomic E-state index is -3.65. The van der Waals surface area contributed by atoms with Gasteiger partial charge in [0.05, 0.1) is 34.2 Å². The molecule has 0 amide bonds. The van der Waals surface area contributed by atoms with Gasteiger partial charge in [0.1, 0.15) is 6.10 Å². The molecule has 0 fully saturated rings. The van der Waals surface area contributed by atoms with Crippen LogP contribution in [0.2, 0.25) is 0 Å². The van der Waals surface area contributed by atoms with E-state index in [-0.39, 0.29) is 11.1 Å². The zero-order valence-electron chi connectivity index (χ0n) is 19.4. The summed E-state index contributed by atoms with van der Waals surface area (Å²) in [5, 5.41) is 21.5. The van der Waals surface area contributed by atoms with Gasteiger partial charge in [-0.1, -0.05) is 77.6 Å². The maximum absolute atomic E-state index is 12.4. The molecule has 0 saturated heterocycles. The quantitative estimate of drug-likeness (QED) is 0.119. The number of carbonyl (C=O) groups is 1. The fourth-order valence-corrected chi connectivity index (χ4v) is 4.68. The summed E-state index contributed by atoms with van der Waals surface area (Å²) < 4.78 is 10.6. The van der Waals surface area contributed by atoms with E-state index < -0.39 is 31.4 Å². The van der Waals surface area contributed by atoms with Crippen molar-refractivity contribution in [1.29, 1.82) is 0 Å². The van der Waals surface area contributed by atoms with Crippen molar-refractivity contribution in [1.82, 2.24) is 0 Å². The third-order valence-corrected chi connectivity index (χ3v) is 6.60. The Morgan fingerprint density at radius 2 is 1.40 bits per heavy atom. The van der Waals surface area contributed by atoms with Crippen molar-refractivity contribution in [3.05, 3.63) is 0 Å². The summed E-state index contributed by atoms with van der Waals surface area (Å²) in [7, 11) is 4.93. The molecule has 30 heavy (non-hydrogen) atoms. The van der Waals surface area contributed by atoms with E-state index in [4.69, 9.17) is 26.0 Å². The lowest BCUT2D eigenvalue weighted by Crippen LogP contribution is -2.60. The molecule has 0 aromatic rings. The number of nitrogens with zero attached hydrogens (tertiary/aromatic N) is 1. The zero-order chi connectivity index (χ0) is 23.0. The van der Waals surface area contributed by atoms with Crippen LogP contribution in [-0.2, 0) is 25.6 Å². The van der Waals surface area contributed by atoms with Crippen LogP contribution in [0.3, 0.4) is 0 Å². The Kier molecular flexibility index (Phi) is 16.5. The topological polar surface area (TPSA) is 99.0 Å². The average molecular weight is 470 g/mol. The second kappa shape index (κ2) is 16.5. The summed E-state index contributed by atoms with van der Waals surface area (Å²) in [6, 6.07) is 0. The SMILES string of the molecule is CCCCCCCCCCCCCCOP(O)(=S)O[C@H](CC(=O)O)C([O-])[N+](C)(C)C. The Labute approximate surface area is 188 Å². The van der Waals surface area contributed by atoms with Gasteiger partial charge in [-0.15, -0.1) is 0 Å². The molecule has 180 valence electrons. The van der Waals surface area contributed by atoms with Gasteiger partial charge in [-0.3, -0.25) is 4.79 Å². The first-order chi connectivity index (χ1) is 14.0. The zero-order valence-corrected chi connectivity index (χ0v) is 21.1. The van der Waals surface area contributed by atoms with Crippen LogP contribution in [0.5, 0.6) is 0 Å². The van der Waals surface area contributed by atoms with Gasteiger partial charge in [0.25, 0.3) is 0 Å². The Bertz CT molecular complexity index is 500. The Hall–Kier alpha value is -0.0800. The highest BCUT2D eigenvalue weighted by Gasteiger charge is 2.31. The van der Waals surface area contributed by atoms with Crippen molar-refractivity contribution in [2.24, 2.45) is 0 Å². The molecule has 0 heterocycles. The first-order valence-corrected chi connectivity index (χ1v) is 13.9. The number of hydrogen-bond acceptors (Lipinski definition) is 5. The predicted molar refractivity (Wildman–Crippen MR) is 122 cm³/mol. The van der Waals surface area contributed by atoms with Crippen LogP contribution in [0.25, 0.3) is 0 Å². The largest absolute Gasteiger partial charge is 0.804 e. The fourth-order valence-electron chi connectivity index (χ4n) is 3.19. The van der Waals surface area contributed by atoms with Gasteiger partial charge < -0.3 is 28.6 Å². The fraction of sp³-hybridized carbons (Fsp3) is 0.952. The summed E-state index contributed by atoms with van der Waals surface area (Å²) in [5.74, 6) is -1.18. The van der Waals surface area contributed by atoms with E-state index in [0.29, 0.717) is 0 Å². The van der Waals surface area contributed by atoms with Crippen molar-refractivity contribution in [2.45, 2.75) is 103 Å². The molecule has 0 aliphatic heterocycles. The summed E-state index contributed by atoms with van der Waals surface area (Å²) in [5.41, 5.74) is 0. The van der Waals surface area contributed by atoms with E-state index in [0.717, 1.165) is 19.3 Å². The highest BCUT2D eigenvalue weighted by Crippen LogP contribution is 2.46. The molecule has 7 nitrogen and oxygen atoms in total. The third kappa shape index (κ3) is 16.6. The number of rotatable bonds is 20. The maximum Gasteiger partial charge on any atom is 0.324 e. The van der Waals surface area contributed by atoms with Gasteiger partial charge in [0.2, 0.25) is 0 Å². The van der Waals surface area contributed by atoms with Crippen molar-refractivity contribution in [3.8, 4) is 0 Å². The Balaban J connectivity index is 3.97. The number of aliphatic carboxylic acids is 1. The molecule has 0 saturated carbocycles. The molecule has 0 rings (SSSR count). The predicted octanol–water partition coefficient (Wildman–Crippen LogP) is 4.17. The molecule has 2 unspecified atom stereocenters. The normalized spacial score (nSPS) is 16.2. The van der Waals surface area contributed by atoms with Crippen LogP contribution in [0.4, 0.5) is 0 Å². The van der Waals surface area contributed by atoms with Gasteiger partial charge in [-0.2, -0.15) is 0 Å². The molecular weight excluding hydrogens is 425 g/mol. The first-order valence-electron chi connectivity index (χ1n) is 11.3. The summed E-state index contributed by atoms with van der Waals surface area (Å²) in [6.07, 6.45) is 11.4. The molecular formula is C21H44NO6PS. The number of hydrogen-bond donors (Lipinski definition) is 2. The molecule has 0 aromatic heterocycles. The molecule has 0 aliphatic rings. The van der Waals surface area contributed by atoms with Gasteiger partial charge >= 0.3 is 12.7 Å². The minimum absolute atomic E-state index is 0.0496. The van der Waals surface area contributed by atoms with E-state index in [1.807, 2.05) is 0 Å². The smallest absolute Gasteiger partial charge is 0.324 e. The Morgan fingerprint density at radius 1 is 0.967 bits per heavy atom. The van der Waals surface area contributed by atoms with E-state index in [1.165, 1.54) is 57.8 Å². The lowest BCUT2D eigenvalue weighted by Gasteiger charge is -2.43. The molecule has 0 aromatic carbocycles. The summed E-state index contributed by atoms with van der Waals surface area (Å²) >= 11 is 4.98. The van der Waals surface area contributed by atoms with Crippen LogP contribution >= 0.6 is 6.72 Å². The maximum atomic E-state index is 12.4. The van der Waals surface area contributed by atoms with Gasteiger partial charge in [0, 0.05) is 6.23 Å². The monoisotopic (exact) mass is 469 g/mol. The first kappa shape index (κ1) is 29.9. The standard InChI is InChI=1S/C21H44NO6PS/c1-5-6-7-8-9-10-11-12-13-14-15-16-17-27-29(26,30)28-19(18-20(23)24)21(25)22(2,3)4/h19,21H,5-18H2,1-4H3,(H,23,24)(H,26,30)/t19-,21?,29?/m1/s1. The minimum Gasteiger partial charge on any atom is -0.804 e. The molecule has 0 aliphatic carbocycles. The Morgan fingerprint density at radius 3 is 1.80 bits per heavy atom. The molecule has 2 N–H and O–H groups in total. The number of carboxylic acids is 1. The highest BCUT2D eigenvalue weighted by atomic mass is 32.5. The second-order valence-electron chi connectivity index (χ2n) is 8.94. The van der Waals surface area contributed by atoms with Crippen molar-refractivity contribution in [3.63, 3.8) is 0 Å². The molecule has 9 heteroatoms. The van der Waals surface area contributed by atoms with Crippen LogP contribution in [0.15, 0.2) is 0 Å². The lowest BCUT2D eigenvalue weighted by atomic mass is 10.1. The van der Waals surface area contributed by atoms with Crippen molar-refractivity contribution in [2.75, 3.05) is 27.7 Å². The van der Waals surface area contributed by atoms with Crippen LogP contribution in [-0.4, -0.2) is 60.5 Å². The van der Waals surface area contributed by atoms with E-state index >= 15 is 0 Å². The van der Waals surface area contributed by atoms with Gasteiger partial charge in [-0.25, -0.2) is 0 Å². The second-order valence-corrected chi connectivity index (χ2v) is 11.7. The highest BCUT2D eigenvalue weighted by molar-refractivity contribution is 8.07. The van der Waals surface area contributed by atoms with E-state index in [1.54, 1.807) is 21.1 Å². The van der Waals surface area contributed by atoms with Crippen molar-refractivity contribution < 1.29 is 33.4 Å². The molecule has 3 atom stereocenters. The summed E-state index contributed by atoms with van der Waals surface area (Å²) in [6.45, 7) is -1.17. The lowest BCUT2D eigenvalue weighted by molar-refractivity contribution is -0.973. The van der Waals surface area contributed by atoms with Crippen LogP contribution in [0, 0.1) is 0 Å². The van der Waals surface area contributed by atoms with Gasteiger partial charge in [0.15, 0.2) is 0 Å². The third-order valence-electron chi connectivity index (χ3n) is 4.98. The average Bonchev–Trinajstić information content (AvgIpc) is 2.63. The van der Waals surface area contributed by atoms with Crippen LogP contribution in [0.1, 0.15) is 90.4 Å². The number of carboxylic acid groups (broad SMARTS) is 1. The van der Waals surface area contributed by atoms with Gasteiger partial charge in [-0.05, 0) is 18.2 Å². The van der Waals surface area contributed by atoms with Crippen molar-refractivity contribution >= 4 is 24.5 Å². The van der Waals surface area contributed by atoms with E-state index in [2.05, 4.69) is 6.92 Å². The summed E-state index contributed by atoms with van der Waals surface area (Å²) in [4.78, 5) is 21.3. The number of quaternary nitrogens is 1. The number of unbranched alkanes of at least 4 members (excludes halogenated alkanes) is 11. The molecule has 0 bridgehead atoms. The van der Waals surface area contributed by atoms with Crippen LogP contribution < -0.4 is 5.11 Å². The molecule has 0 spiro atoms. The molecule has 0 radical (unpaired) electrons. The number of likely N-dealkylation sites (N-methyl/N-ethyl adjacent to an activating group) is 1. The van der Waals surface area contributed by atoms with E-state index in [9.17, 15) is 14.8 Å².